The highest BCUT2D eigenvalue weighted by atomic mass is 16.5. The van der Waals surface area contributed by atoms with Crippen LogP contribution in [0.25, 0.3) is 0 Å². The molecule has 0 saturated heterocycles. The molecule has 108 valence electrons. The van der Waals surface area contributed by atoms with E-state index < -0.39 is 0 Å². The zero-order valence-corrected chi connectivity index (χ0v) is 12.5. The number of likely N-dealkylation sites (N-methyl/N-ethyl adjacent to an activating group) is 1. The fourth-order valence-corrected chi connectivity index (χ4v) is 2.07. The Balaban J connectivity index is 3.04. The van der Waals surface area contributed by atoms with Gasteiger partial charge in [0.1, 0.15) is 0 Å². The van der Waals surface area contributed by atoms with Crippen LogP contribution >= 0.6 is 0 Å². The molecule has 0 amide bonds. The standard InChI is InChI=1S/C15H25NO3/c1-6-18-13-9-8-12(10-14(13)19-7-2)15(16-4)11(3)17-5/h8-11,15-16H,6-7H2,1-5H3. The summed E-state index contributed by atoms with van der Waals surface area (Å²) in [6, 6.07) is 6.14. The molecule has 0 aromatic heterocycles. The van der Waals surface area contributed by atoms with Gasteiger partial charge < -0.3 is 19.5 Å². The van der Waals surface area contributed by atoms with Crippen LogP contribution < -0.4 is 14.8 Å². The zero-order chi connectivity index (χ0) is 14.3. The number of ether oxygens (including phenoxy) is 3. The van der Waals surface area contributed by atoms with Gasteiger partial charge in [-0.25, -0.2) is 0 Å². The summed E-state index contributed by atoms with van der Waals surface area (Å²) in [5, 5.41) is 3.27. The Bertz CT molecular complexity index is 382. The Morgan fingerprint density at radius 1 is 1.11 bits per heavy atom. The SMILES string of the molecule is CCOc1ccc(C(NC)C(C)OC)cc1OCC. The van der Waals surface area contributed by atoms with Gasteiger partial charge in [-0.2, -0.15) is 0 Å². The third-order valence-electron chi connectivity index (χ3n) is 3.08. The third kappa shape index (κ3) is 4.11. The van der Waals surface area contributed by atoms with Crippen molar-refractivity contribution < 1.29 is 14.2 Å². The summed E-state index contributed by atoms with van der Waals surface area (Å²) in [5.74, 6) is 1.57. The minimum absolute atomic E-state index is 0.0809. The van der Waals surface area contributed by atoms with E-state index in [0.717, 1.165) is 17.1 Å². The molecule has 0 heterocycles. The summed E-state index contributed by atoms with van der Waals surface area (Å²) in [7, 11) is 3.64. The molecule has 0 fully saturated rings. The van der Waals surface area contributed by atoms with Crippen molar-refractivity contribution in [2.75, 3.05) is 27.4 Å². The van der Waals surface area contributed by atoms with Crippen LogP contribution in [0.5, 0.6) is 11.5 Å². The molecular weight excluding hydrogens is 242 g/mol. The van der Waals surface area contributed by atoms with Gasteiger partial charge in [-0.1, -0.05) is 6.07 Å². The predicted molar refractivity (Wildman–Crippen MR) is 77.1 cm³/mol. The van der Waals surface area contributed by atoms with Crippen molar-refractivity contribution in [1.82, 2.24) is 5.32 Å². The first-order valence-corrected chi connectivity index (χ1v) is 6.77. The monoisotopic (exact) mass is 267 g/mol. The lowest BCUT2D eigenvalue weighted by Gasteiger charge is -2.24. The van der Waals surface area contributed by atoms with Gasteiger partial charge in [0.2, 0.25) is 0 Å². The summed E-state index contributed by atoms with van der Waals surface area (Å²) in [6.45, 7) is 7.22. The second kappa shape index (κ2) is 8.02. The molecule has 1 rings (SSSR count). The average molecular weight is 267 g/mol. The van der Waals surface area contributed by atoms with E-state index >= 15 is 0 Å². The van der Waals surface area contributed by atoms with Gasteiger partial charge in [0, 0.05) is 7.11 Å². The minimum Gasteiger partial charge on any atom is -0.490 e. The molecule has 0 bridgehead atoms. The van der Waals surface area contributed by atoms with Crippen molar-refractivity contribution in [3.63, 3.8) is 0 Å². The number of methoxy groups -OCH3 is 1. The van der Waals surface area contributed by atoms with Crippen molar-refractivity contribution in [1.29, 1.82) is 0 Å². The first-order chi connectivity index (χ1) is 9.17. The Hall–Kier alpha value is -1.26. The van der Waals surface area contributed by atoms with Crippen LogP contribution in [0.15, 0.2) is 18.2 Å². The topological polar surface area (TPSA) is 39.7 Å². The maximum atomic E-state index is 5.64. The summed E-state index contributed by atoms with van der Waals surface area (Å²) >= 11 is 0. The van der Waals surface area contributed by atoms with Crippen LogP contribution in [0.1, 0.15) is 32.4 Å². The lowest BCUT2D eigenvalue weighted by molar-refractivity contribution is 0.0855. The fraction of sp³-hybridized carbons (Fsp3) is 0.600. The molecule has 0 saturated carbocycles. The molecular formula is C15H25NO3. The molecule has 1 N–H and O–H groups in total. The van der Waals surface area contributed by atoms with E-state index in [4.69, 9.17) is 14.2 Å². The van der Waals surface area contributed by atoms with E-state index in [1.54, 1.807) is 7.11 Å². The quantitative estimate of drug-likeness (QED) is 0.786. The van der Waals surface area contributed by atoms with Gasteiger partial charge >= 0.3 is 0 Å². The Kier molecular flexibility index (Phi) is 6.67. The molecule has 2 atom stereocenters. The highest BCUT2D eigenvalue weighted by Crippen LogP contribution is 2.31. The molecule has 4 nitrogen and oxygen atoms in total. The molecule has 2 unspecified atom stereocenters. The summed E-state index contributed by atoms with van der Waals surface area (Å²) in [6.07, 6.45) is 0.0809. The molecule has 19 heavy (non-hydrogen) atoms. The van der Waals surface area contributed by atoms with E-state index in [0.29, 0.717) is 13.2 Å². The summed E-state index contributed by atoms with van der Waals surface area (Å²) < 4.78 is 16.6. The number of benzene rings is 1. The largest absolute Gasteiger partial charge is 0.490 e. The number of rotatable bonds is 8. The van der Waals surface area contributed by atoms with Crippen molar-refractivity contribution in [3.05, 3.63) is 23.8 Å². The lowest BCUT2D eigenvalue weighted by Crippen LogP contribution is -2.28. The van der Waals surface area contributed by atoms with Gasteiger partial charge in [0.05, 0.1) is 25.4 Å². The lowest BCUT2D eigenvalue weighted by atomic mass is 10.0. The van der Waals surface area contributed by atoms with E-state index in [1.807, 2.05) is 46.0 Å². The van der Waals surface area contributed by atoms with E-state index in [-0.39, 0.29) is 12.1 Å². The van der Waals surface area contributed by atoms with Gasteiger partial charge in [0.25, 0.3) is 0 Å². The van der Waals surface area contributed by atoms with Crippen LogP contribution in [0.4, 0.5) is 0 Å². The number of nitrogens with one attached hydrogen (secondary N) is 1. The van der Waals surface area contributed by atoms with Gasteiger partial charge in [-0.15, -0.1) is 0 Å². The number of hydrogen-bond acceptors (Lipinski definition) is 4. The molecule has 0 aliphatic heterocycles. The van der Waals surface area contributed by atoms with E-state index in [9.17, 15) is 0 Å². The first kappa shape index (κ1) is 15.8. The summed E-state index contributed by atoms with van der Waals surface area (Å²) in [5.41, 5.74) is 1.13. The van der Waals surface area contributed by atoms with Crippen molar-refractivity contribution in [2.24, 2.45) is 0 Å². The van der Waals surface area contributed by atoms with Gasteiger partial charge in [-0.05, 0) is 45.5 Å². The zero-order valence-electron chi connectivity index (χ0n) is 12.5. The Labute approximate surface area is 116 Å². The predicted octanol–water partition coefficient (Wildman–Crippen LogP) is 2.78. The Morgan fingerprint density at radius 2 is 1.74 bits per heavy atom. The maximum Gasteiger partial charge on any atom is 0.161 e. The smallest absolute Gasteiger partial charge is 0.161 e. The van der Waals surface area contributed by atoms with Crippen molar-refractivity contribution >= 4 is 0 Å². The van der Waals surface area contributed by atoms with Crippen LogP contribution in [-0.4, -0.2) is 33.5 Å². The van der Waals surface area contributed by atoms with Crippen LogP contribution in [0.2, 0.25) is 0 Å². The highest BCUT2D eigenvalue weighted by molar-refractivity contribution is 5.44. The van der Waals surface area contributed by atoms with Crippen molar-refractivity contribution in [2.45, 2.75) is 32.9 Å². The minimum atomic E-state index is 0.0809. The normalized spacial score (nSPS) is 13.9. The molecule has 0 aliphatic rings. The molecule has 0 aliphatic carbocycles. The third-order valence-corrected chi connectivity index (χ3v) is 3.08. The Morgan fingerprint density at radius 3 is 2.26 bits per heavy atom. The van der Waals surface area contributed by atoms with E-state index in [2.05, 4.69) is 5.32 Å². The molecule has 0 radical (unpaired) electrons. The molecule has 4 heteroatoms. The van der Waals surface area contributed by atoms with Gasteiger partial charge in [-0.3, -0.25) is 0 Å². The van der Waals surface area contributed by atoms with Crippen LogP contribution in [-0.2, 0) is 4.74 Å². The van der Waals surface area contributed by atoms with Crippen LogP contribution in [0.3, 0.4) is 0 Å². The summed E-state index contributed by atoms with van der Waals surface area (Å²) in [4.78, 5) is 0. The van der Waals surface area contributed by atoms with Gasteiger partial charge in [0.15, 0.2) is 11.5 Å². The van der Waals surface area contributed by atoms with Crippen molar-refractivity contribution in [3.8, 4) is 11.5 Å². The fourth-order valence-electron chi connectivity index (χ4n) is 2.07. The second-order valence-electron chi connectivity index (χ2n) is 4.28. The highest BCUT2D eigenvalue weighted by Gasteiger charge is 2.19. The average Bonchev–Trinajstić information content (AvgIpc) is 2.42. The maximum absolute atomic E-state index is 5.64. The number of hydrogen-bond donors (Lipinski definition) is 1. The second-order valence-corrected chi connectivity index (χ2v) is 4.28. The van der Waals surface area contributed by atoms with Crippen LogP contribution in [0, 0.1) is 0 Å². The molecule has 1 aromatic rings. The molecule has 1 aromatic carbocycles. The van der Waals surface area contributed by atoms with E-state index in [1.165, 1.54) is 0 Å². The first-order valence-electron chi connectivity index (χ1n) is 6.77. The molecule has 0 spiro atoms.